The normalized spacial score (nSPS) is 12.6. The molecule has 0 heterocycles. The fraction of sp³-hybridized carbons (Fsp3) is 0.235. The molecule has 0 aliphatic heterocycles. The molecule has 0 aliphatic carbocycles. The Morgan fingerprint density at radius 1 is 0.857 bits per heavy atom. The van der Waals surface area contributed by atoms with Gasteiger partial charge in [0.1, 0.15) is 5.75 Å². The van der Waals surface area contributed by atoms with Gasteiger partial charge in [-0.1, -0.05) is 18.2 Å². The van der Waals surface area contributed by atoms with Crippen molar-refractivity contribution in [3.8, 4) is 0 Å². The molecule has 0 fully saturated rings. The second-order valence-electron chi connectivity index (χ2n) is 5.85. The van der Waals surface area contributed by atoms with Crippen molar-refractivity contribution in [2.75, 3.05) is 11.1 Å². The van der Waals surface area contributed by atoms with Gasteiger partial charge in [0.05, 0.1) is 16.9 Å². The van der Waals surface area contributed by atoms with Crippen LogP contribution in [0.15, 0.2) is 48.5 Å². The highest BCUT2D eigenvalue weighted by molar-refractivity contribution is 7.91. The first-order valence-electron chi connectivity index (χ1n) is 7.60. The van der Waals surface area contributed by atoms with Gasteiger partial charge in [-0.15, -0.1) is 0 Å². The van der Waals surface area contributed by atoms with Crippen molar-refractivity contribution in [3.63, 3.8) is 0 Å². The molecule has 0 atom stereocenters. The summed E-state index contributed by atoms with van der Waals surface area (Å²) in [7, 11) is -4.06. The largest absolute Gasteiger partial charge is 0.416 e. The SMILES string of the molecule is O=C(CS(=O)(=O)Cc1ccc(C(F)(F)F)cc1)Nc1cccc(C(F)(F)F)c1. The summed E-state index contributed by atoms with van der Waals surface area (Å²) in [5, 5.41) is 2.06. The maximum atomic E-state index is 12.6. The minimum atomic E-state index is -4.63. The van der Waals surface area contributed by atoms with Gasteiger partial charge in [-0.3, -0.25) is 4.79 Å². The minimum Gasteiger partial charge on any atom is -0.325 e. The Morgan fingerprint density at radius 2 is 1.43 bits per heavy atom. The first kappa shape index (κ1) is 21.7. The fourth-order valence-corrected chi connectivity index (χ4v) is 3.54. The Kier molecular flexibility index (Phi) is 6.07. The van der Waals surface area contributed by atoms with Crippen molar-refractivity contribution >= 4 is 21.4 Å². The second kappa shape index (κ2) is 7.82. The monoisotopic (exact) mass is 425 g/mol. The quantitative estimate of drug-likeness (QED) is 0.728. The average molecular weight is 425 g/mol. The number of hydrogen-bond acceptors (Lipinski definition) is 3. The van der Waals surface area contributed by atoms with E-state index in [1.54, 1.807) is 0 Å². The predicted molar refractivity (Wildman–Crippen MR) is 89.0 cm³/mol. The van der Waals surface area contributed by atoms with Crippen molar-refractivity contribution in [1.29, 1.82) is 0 Å². The van der Waals surface area contributed by atoms with Crippen LogP contribution in [0.5, 0.6) is 0 Å². The Morgan fingerprint density at radius 3 is 1.96 bits per heavy atom. The zero-order valence-corrected chi connectivity index (χ0v) is 14.8. The van der Waals surface area contributed by atoms with E-state index in [0.29, 0.717) is 18.2 Å². The van der Waals surface area contributed by atoms with Crippen LogP contribution in [0.4, 0.5) is 32.0 Å². The van der Waals surface area contributed by atoms with Gasteiger partial charge in [0, 0.05) is 5.69 Å². The molecule has 28 heavy (non-hydrogen) atoms. The van der Waals surface area contributed by atoms with Crippen LogP contribution in [0.2, 0.25) is 0 Å². The molecule has 0 radical (unpaired) electrons. The van der Waals surface area contributed by atoms with Gasteiger partial charge >= 0.3 is 12.4 Å². The van der Waals surface area contributed by atoms with Gasteiger partial charge < -0.3 is 5.32 Å². The predicted octanol–water partition coefficient (Wildman–Crippen LogP) is 4.28. The lowest BCUT2D eigenvalue weighted by Crippen LogP contribution is -2.24. The number of benzene rings is 2. The molecule has 11 heteroatoms. The van der Waals surface area contributed by atoms with E-state index in [2.05, 4.69) is 5.32 Å². The third-order valence-electron chi connectivity index (χ3n) is 3.49. The molecule has 1 N–H and O–H groups in total. The van der Waals surface area contributed by atoms with Gasteiger partial charge in [-0.05, 0) is 35.9 Å². The maximum Gasteiger partial charge on any atom is 0.416 e. The lowest BCUT2D eigenvalue weighted by atomic mass is 10.1. The number of alkyl halides is 6. The van der Waals surface area contributed by atoms with Crippen LogP contribution in [0.25, 0.3) is 0 Å². The van der Waals surface area contributed by atoms with Crippen LogP contribution < -0.4 is 5.32 Å². The third kappa shape index (κ3) is 6.25. The van der Waals surface area contributed by atoms with E-state index in [1.807, 2.05) is 0 Å². The topological polar surface area (TPSA) is 63.2 Å². The van der Waals surface area contributed by atoms with Gasteiger partial charge in [-0.2, -0.15) is 26.3 Å². The molecule has 0 aromatic heterocycles. The third-order valence-corrected chi connectivity index (χ3v) is 4.97. The van der Waals surface area contributed by atoms with Crippen LogP contribution in [-0.4, -0.2) is 20.1 Å². The van der Waals surface area contributed by atoms with E-state index >= 15 is 0 Å². The van der Waals surface area contributed by atoms with E-state index in [0.717, 1.165) is 30.3 Å². The summed E-state index contributed by atoms with van der Waals surface area (Å²) in [6.07, 6.45) is -9.20. The van der Waals surface area contributed by atoms with E-state index < -0.39 is 50.7 Å². The number of hydrogen-bond donors (Lipinski definition) is 1. The summed E-state index contributed by atoms with van der Waals surface area (Å²) in [5.74, 6) is -2.79. The van der Waals surface area contributed by atoms with Crippen molar-refractivity contribution in [1.82, 2.24) is 0 Å². The molecule has 2 rings (SSSR count). The number of carbonyl (C=O) groups excluding carboxylic acids is 1. The number of rotatable bonds is 5. The summed E-state index contributed by atoms with van der Waals surface area (Å²) in [4.78, 5) is 11.8. The Labute approximate surface area is 156 Å². The first-order valence-corrected chi connectivity index (χ1v) is 9.42. The summed E-state index contributed by atoms with van der Waals surface area (Å²) in [5.41, 5.74) is -2.15. The minimum absolute atomic E-state index is 0.0415. The lowest BCUT2D eigenvalue weighted by Gasteiger charge is -2.10. The zero-order valence-electron chi connectivity index (χ0n) is 13.9. The molecule has 0 bridgehead atoms. The summed E-state index contributed by atoms with van der Waals surface area (Å²) >= 11 is 0. The highest BCUT2D eigenvalue weighted by Crippen LogP contribution is 2.31. The van der Waals surface area contributed by atoms with Crippen molar-refractivity contribution in [3.05, 3.63) is 65.2 Å². The van der Waals surface area contributed by atoms with Crippen LogP contribution in [0.3, 0.4) is 0 Å². The van der Waals surface area contributed by atoms with Gasteiger partial charge in [-0.25, -0.2) is 8.42 Å². The van der Waals surface area contributed by atoms with E-state index in [1.165, 1.54) is 0 Å². The number of amides is 1. The molecule has 0 saturated carbocycles. The van der Waals surface area contributed by atoms with Crippen LogP contribution in [-0.2, 0) is 32.7 Å². The smallest absolute Gasteiger partial charge is 0.325 e. The van der Waals surface area contributed by atoms with Gasteiger partial charge in [0.2, 0.25) is 5.91 Å². The van der Waals surface area contributed by atoms with Crippen LogP contribution >= 0.6 is 0 Å². The Balaban J connectivity index is 2.03. The molecule has 0 saturated heterocycles. The summed E-state index contributed by atoms with van der Waals surface area (Å²) in [6.45, 7) is 0. The van der Waals surface area contributed by atoms with E-state index in [-0.39, 0.29) is 11.3 Å². The van der Waals surface area contributed by atoms with E-state index in [4.69, 9.17) is 0 Å². The Bertz CT molecular complexity index is 950. The summed E-state index contributed by atoms with van der Waals surface area (Å²) in [6, 6.07) is 7.04. The molecular formula is C17H13F6NO3S. The van der Waals surface area contributed by atoms with Gasteiger partial charge in [0.25, 0.3) is 0 Å². The molecular weight excluding hydrogens is 412 g/mol. The number of nitrogens with one attached hydrogen (secondary N) is 1. The maximum absolute atomic E-state index is 12.6. The van der Waals surface area contributed by atoms with Crippen molar-refractivity contribution in [2.24, 2.45) is 0 Å². The lowest BCUT2D eigenvalue weighted by molar-refractivity contribution is -0.138. The highest BCUT2D eigenvalue weighted by Gasteiger charge is 2.31. The number of sulfone groups is 1. The molecule has 2 aromatic rings. The molecule has 152 valence electrons. The van der Waals surface area contributed by atoms with Crippen molar-refractivity contribution < 1.29 is 39.6 Å². The number of halogens is 6. The number of carbonyl (C=O) groups is 1. The van der Waals surface area contributed by atoms with Gasteiger partial charge in [0.15, 0.2) is 9.84 Å². The number of anilines is 1. The Hall–Kier alpha value is -2.56. The van der Waals surface area contributed by atoms with E-state index in [9.17, 15) is 39.6 Å². The second-order valence-corrected chi connectivity index (χ2v) is 7.92. The first-order chi connectivity index (χ1) is 12.8. The molecule has 2 aromatic carbocycles. The highest BCUT2D eigenvalue weighted by atomic mass is 32.2. The molecule has 0 unspecified atom stereocenters. The zero-order chi connectivity index (χ0) is 21.2. The molecule has 0 aliphatic rings. The van der Waals surface area contributed by atoms with Crippen LogP contribution in [0, 0.1) is 0 Å². The van der Waals surface area contributed by atoms with Crippen molar-refractivity contribution in [2.45, 2.75) is 18.1 Å². The molecule has 0 spiro atoms. The molecule has 4 nitrogen and oxygen atoms in total. The summed E-state index contributed by atoms with van der Waals surface area (Å²) < 4.78 is 99.5. The average Bonchev–Trinajstić information content (AvgIpc) is 2.52. The van der Waals surface area contributed by atoms with Crippen LogP contribution in [0.1, 0.15) is 16.7 Å². The fourth-order valence-electron chi connectivity index (χ4n) is 2.27. The standard InChI is InChI=1S/C17H13F6NO3S/c18-16(19,20)12-6-4-11(5-7-12)9-28(26,27)10-15(25)24-14-3-1-2-13(8-14)17(21,22)23/h1-8H,9-10H2,(H,24,25). The molecule has 1 amide bonds.